The molecule has 1 N–H and O–H groups in total. The van der Waals surface area contributed by atoms with Crippen molar-refractivity contribution in [2.75, 3.05) is 18.0 Å². The van der Waals surface area contributed by atoms with Gasteiger partial charge in [0.05, 0.1) is 0 Å². The summed E-state index contributed by atoms with van der Waals surface area (Å²) in [4.78, 5) is 2.49. The van der Waals surface area contributed by atoms with Crippen LogP contribution in [0.1, 0.15) is 55.7 Å². The molecule has 2 nitrogen and oxygen atoms in total. The van der Waals surface area contributed by atoms with Crippen molar-refractivity contribution in [1.29, 1.82) is 0 Å². The van der Waals surface area contributed by atoms with Gasteiger partial charge in [-0.15, -0.1) is 0 Å². The highest BCUT2D eigenvalue weighted by Gasteiger charge is 2.36. The minimum absolute atomic E-state index is 0.349. The van der Waals surface area contributed by atoms with E-state index in [2.05, 4.69) is 109 Å². The van der Waals surface area contributed by atoms with Gasteiger partial charge in [0, 0.05) is 25.3 Å². The predicted octanol–water partition coefficient (Wildman–Crippen LogP) is 6.78. The molecule has 162 valence electrons. The van der Waals surface area contributed by atoms with Crippen LogP contribution in [0, 0.1) is 5.41 Å². The fourth-order valence-electron chi connectivity index (χ4n) is 5.26. The van der Waals surface area contributed by atoms with Crippen molar-refractivity contribution in [3.63, 3.8) is 0 Å². The molecule has 0 spiro atoms. The molecule has 3 aromatic rings. The molecule has 2 heteroatoms. The second kappa shape index (κ2) is 10.2. The van der Waals surface area contributed by atoms with Gasteiger partial charge in [-0.25, -0.2) is 0 Å². The van der Waals surface area contributed by atoms with E-state index in [1.165, 1.54) is 41.6 Å². The Hall–Kier alpha value is -2.58. The van der Waals surface area contributed by atoms with Crippen LogP contribution in [0.3, 0.4) is 0 Å². The highest BCUT2D eigenvalue weighted by molar-refractivity contribution is 5.49. The average Bonchev–Trinajstić information content (AvgIpc) is 2.81. The van der Waals surface area contributed by atoms with E-state index >= 15 is 0 Å². The van der Waals surface area contributed by atoms with Crippen LogP contribution in [0.5, 0.6) is 0 Å². The van der Waals surface area contributed by atoms with Gasteiger partial charge in [0.2, 0.25) is 0 Å². The molecule has 4 rings (SSSR count). The van der Waals surface area contributed by atoms with Gasteiger partial charge in [0.15, 0.2) is 0 Å². The van der Waals surface area contributed by atoms with E-state index < -0.39 is 0 Å². The topological polar surface area (TPSA) is 15.3 Å². The van der Waals surface area contributed by atoms with Crippen molar-refractivity contribution in [2.24, 2.45) is 5.41 Å². The zero-order valence-electron chi connectivity index (χ0n) is 19.1. The van der Waals surface area contributed by atoms with Gasteiger partial charge in [-0.2, -0.15) is 0 Å². The molecule has 2 unspecified atom stereocenters. The van der Waals surface area contributed by atoms with E-state index in [0.717, 1.165) is 26.2 Å². The zero-order valence-corrected chi connectivity index (χ0v) is 19.1. The molecule has 1 aliphatic heterocycles. The summed E-state index contributed by atoms with van der Waals surface area (Å²) >= 11 is 0. The number of hydrogen-bond donors (Lipinski definition) is 1. The highest BCUT2D eigenvalue weighted by atomic mass is 15.1. The summed E-state index contributed by atoms with van der Waals surface area (Å²) in [6.07, 6.45) is 3.75. The van der Waals surface area contributed by atoms with Crippen LogP contribution in [0.25, 0.3) is 0 Å². The molecule has 0 aromatic heterocycles. The Balaban J connectivity index is 1.58. The SMILES string of the molecule is CCCC1(C)CNCCC1c1ccc(N(Cc2ccccc2)Cc2ccccc2)cc1. The molecule has 0 aliphatic carbocycles. The first-order valence-corrected chi connectivity index (χ1v) is 11.8. The quantitative estimate of drug-likeness (QED) is 0.439. The lowest BCUT2D eigenvalue weighted by Crippen LogP contribution is -2.43. The average molecular weight is 413 g/mol. The first-order valence-electron chi connectivity index (χ1n) is 11.8. The van der Waals surface area contributed by atoms with Gasteiger partial charge in [0.25, 0.3) is 0 Å². The highest BCUT2D eigenvalue weighted by Crippen LogP contribution is 2.43. The standard InChI is InChI=1S/C29H36N2/c1-3-19-29(2)23-30-20-18-28(29)26-14-16-27(17-15-26)31(21-24-10-6-4-7-11-24)22-25-12-8-5-9-13-25/h4-17,28,30H,3,18-23H2,1-2H3. The summed E-state index contributed by atoms with van der Waals surface area (Å²) < 4.78 is 0. The van der Waals surface area contributed by atoms with Crippen LogP contribution in [0.15, 0.2) is 84.9 Å². The molecule has 1 saturated heterocycles. The Labute approximate surface area is 188 Å². The van der Waals surface area contributed by atoms with E-state index in [0.29, 0.717) is 11.3 Å². The fraction of sp³-hybridized carbons (Fsp3) is 0.379. The molecule has 0 bridgehead atoms. The lowest BCUT2D eigenvalue weighted by molar-refractivity contribution is 0.176. The van der Waals surface area contributed by atoms with Crippen molar-refractivity contribution in [2.45, 2.75) is 52.1 Å². The summed E-state index contributed by atoms with van der Waals surface area (Å²) in [5.41, 5.74) is 5.83. The fourth-order valence-corrected chi connectivity index (χ4v) is 5.26. The number of piperidine rings is 1. The molecule has 2 atom stereocenters. The summed E-state index contributed by atoms with van der Waals surface area (Å²) in [7, 11) is 0. The molecule has 0 amide bonds. The second-order valence-corrected chi connectivity index (χ2v) is 9.34. The Morgan fingerprint density at radius 2 is 1.42 bits per heavy atom. The largest absolute Gasteiger partial charge is 0.363 e. The minimum atomic E-state index is 0.349. The van der Waals surface area contributed by atoms with Gasteiger partial charge in [-0.1, -0.05) is 93.1 Å². The number of rotatable bonds is 8. The molecule has 1 fully saturated rings. The van der Waals surface area contributed by atoms with Gasteiger partial charge in [0.1, 0.15) is 0 Å². The van der Waals surface area contributed by atoms with Crippen LogP contribution in [-0.2, 0) is 13.1 Å². The van der Waals surface area contributed by atoms with Gasteiger partial charge in [-0.05, 0) is 59.5 Å². The van der Waals surface area contributed by atoms with Crippen molar-refractivity contribution in [3.05, 3.63) is 102 Å². The number of anilines is 1. The third kappa shape index (κ3) is 5.37. The lowest BCUT2D eigenvalue weighted by Gasteiger charge is -2.42. The van der Waals surface area contributed by atoms with Gasteiger partial charge >= 0.3 is 0 Å². The number of benzene rings is 3. The second-order valence-electron chi connectivity index (χ2n) is 9.34. The zero-order chi connectivity index (χ0) is 21.5. The smallest absolute Gasteiger partial charge is 0.0433 e. The third-order valence-electron chi connectivity index (χ3n) is 6.89. The van der Waals surface area contributed by atoms with Gasteiger partial charge in [-0.3, -0.25) is 0 Å². The number of nitrogens with one attached hydrogen (secondary N) is 1. The first-order chi connectivity index (χ1) is 15.2. The minimum Gasteiger partial charge on any atom is -0.363 e. The molecular formula is C29H36N2. The maximum atomic E-state index is 3.64. The monoisotopic (exact) mass is 412 g/mol. The van der Waals surface area contributed by atoms with E-state index in [-0.39, 0.29) is 0 Å². The van der Waals surface area contributed by atoms with Crippen molar-refractivity contribution < 1.29 is 0 Å². The number of hydrogen-bond acceptors (Lipinski definition) is 2. The Morgan fingerprint density at radius 3 is 1.97 bits per heavy atom. The molecule has 0 radical (unpaired) electrons. The molecule has 3 aromatic carbocycles. The van der Waals surface area contributed by atoms with Crippen molar-refractivity contribution in [3.8, 4) is 0 Å². The van der Waals surface area contributed by atoms with Crippen LogP contribution in [-0.4, -0.2) is 13.1 Å². The predicted molar refractivity (Wildman–Crippen MR) is 132 cm³/mol. The molecule has 1 aliphatic rings. The normalized spacial score (nSPS) is 21.0. The van der Waals surface area contributed by atoms with Crippen LogP contribution < -0.4 is 10.2 Å². The third-order valence-corrected chi connectivity index (χ3v) is 6.89. The van der Waals surface area contributed by atoms with Gasteiger partial charge < -0.3 is 10.2 Å². The summed E-state index contributed by atoms with van der Waals surface area (Å²) in [5, 5.41) is 3.64. The molecule has 31 heavy (non-hydrogen) atoms. The first kappa shape index (κ1) is 21.6. The molecular weight excluding hydrogens is 376 g/mol. The summed E-state index contributed by atoms with van der Waals surface area (Å²) in [6, 6.07) is 31.0. The van der Waals surface area contributed by atoms with E-state index in [9.17, 15) is 0 Å². The van der Waals surface area contributed by atoms with E-state index in [4.69, 9.17) is 0 Å². The summed E-state index contributed by atoms with van der Waals surface area (Å²) in [5.74, 6) is 0.638. The van der Waals surface area contributed by atoms with Crippen LogP contribution in [0.2, 0.25) is 0 Å². The summed E-state index contributed by atoms with van der Waals surface area (Å²) in [6.45, 7) is 8.86. The van der Waals surface area contributed by atoms with E-state index in [1.54, 1.807) is 0 Å². The van der Waals surface area contributed by atoms with E-state index in [1.807, 2.05) is 0 Å². The molecule has 1 heterocycles. The van der Waals surface area contributed by atoms with Crippen LogP contribution >= 0.6 is 0 Å². The Kier molecular flexibility index (Phi) is 7.09. The molecule has 0 saturated carbocycles. The van der Waals surface area contributed by atoms with Crippen molar-refractivity contribution in [1.82, 2.24) is 5.32 Å². The number of nitrogens with zero attached hydrogens (tertiary/aromatic N) is 1. The van der Waals surface area contributed by atoms with Crippen molar-refractivity contribution >= 4 is 5.69 Å². The Bertz CT molecular complexity index is 874. The maximum Gasteiger partial charge on any atom is 0.0433 e. The Morgan fingerprint density at radius 1 is 0.839 bits per heavy atom. The van der Waals surface area contributed by atoms with Crippen LogP contribution in [0.4, 0.5) is 5.69 Å². The maximum absolute atomic E-state index is 3.64. The lowest BCUT2D eigenvalue weighted by atomic mass is 9.67.